The maximum atomic E-state index is 12.6. The van der Waals surface area contributed by atoms with E-state index in [0.717, 1.165) is 0 Å². The molecule has 0 spiro atoms. The van der Waals surface area contributed by atoms with Gasteiger partial charge in [-0.05, 0) is 35.7 Å². The minimum atomic E-state index is -0.206. The smallest absolute Gasteiger partial charge is 0.255 e. The lowest BCUT2D eigenvalue weighted by molar-refractivity contribution is 0.102. The van der Waals surface area contributed by atoms with Crippen molar-refractivity contribution in [3.63, 3.8) is 0 Å². The van der Waals surface area contributed by atoms with Crippen LogP contribution in [0.25, 0.3) is 0 Å². The van der Waals surface area contributed by atoms with E-state index in [9.17, 15) is 4.79 Å². The highest BCUT2D eigenvalue weighted by atomic mass is 16.5. The topological polar surface area (TPSA) is 59.6 Å². The van der Waals surface area contributed by atoms with Crippen LogP contribution in [0.2, 0.25) is 0 Å². The predicted molar refractivity (Wildman–Crippen MR) is 107 cm³/mol. The second-order valence-electron chi connectivity index (χ2n) is 6.30. The molecule has 0 atom stereocenters. The normalized spacial score (nSPS) is 10.7. The predicted octanol–water partition coefficient (Wildman–Crippen LogP) is 2.92. The number of hydrogen-bond acceptors (Lipinski definition) is 4. The largest absolute Gasteiger partial charge is 0.495 e. The van der Waals surface area contributed by atoms with Gasteiger partial charge in [0.2, 0.25) is 0 Å². The van der Waals surface area contributed by atoms with Crippen molar-refractivity contribution in [1.29, 1.82) is 0 Å². The number of carbonyl (C=O) groups excluding carboxylic acids is 1. The van der Waals surface area contributed by atoms with E-state index in [2.05, 4.69) is 24.5 Å². The molecule has 0 aromatic heterocycles. The van der Waals surface area contributed by atoms with Gasteiger partial charge < -0.3 is 20.1 Å². The van der Waals surface area contributed by atoms with E-state index in [4.69, 9.17) is 17.3 Å². The highest BCUT2D eigenvalue weighted by Crippen LogP contribution is 2.31. The first kappa shape index (κ1) is 19.9. The van der Waals surface area contributed by atoms with Gasteiger partial charge in [-0.25, -0.2) is 0 Å². The number of amides is 1. The van der Waals surface area contributed by atoms with Crippen molar-refractivity contribution in [3.05, 3.63) is 47.5 Å². The Labute approximate surface area is 156 Å². The standard InChI is InChI=1S/C20H25BN2O3/c1-13(2)14-5-7-15(8-6-14)20(24)23-17-11-16(21)12-18(26-4)19(17)22-9-10-25-3/h5-8,11-13,22H,9-10H2,1-4H3,(H,23,24). The van der Waals surface area contributed by atoms with Gasteiger partial charge in [0.1, 0.15) is 19.3 Å². The SMILES string of the molecule is [B]c1cc(NC(=O)c2ccc(C(C)C)cc2)c(NCCOC)c(OC)c1. The molecule has 0 aliphatic rings. The molecule has 0 fully saturated rings. The third-order valence-corrected chi connectivity index (χ3v) is 4.04. The van der Waals surface area contributed by atoms with Crippen LogP contribution in [-0.2, 0) is 4.74 Å². The van der Waals surface area contributed by atoms with Gasteiger partial charge in [0.25, 0.3) is 5.91 Å². The maximum absolute atomic E-state index is 12.6. The fourth-order valence-corrected chi connectivity index (χ4v) is 2.57. The fraction of sp³-hybridized carbons (Fsp3) is 0.350. The number of benzene rings is 2. The summed E-state index contributed by atoms with van der Waals surface area (Å²) < 4.78 is 10.5. The van der Waals surface area contributed by atoms with E-state index in [1.807, 2.05) is 24.3 Å². The molecule has 0 saturated carbocycles. The van der Waals surface area contributed by atoms with Crippen molar-refractivity contribution >= 4 is 30.6 Å². The molecule has 2 aromatic carbocycles. The van der Waals surface area contributed by atoms with Crippen LogP contribution in [0.3, 0.4) is 0 Å². The highest BCUT2D eigenvalue weighted by Gasteiger charge is 2.14. The summed E-state index contributed by atoms with van der Waals surface area (Å²) in [7, 11) is 9.13. The average Bonchev–Trinajstić information content (AvgIpc) is 2.63. The molecule has 2 N–H and O–H groups in total. The molecule has 1 amide bonds. The summed E-state index contributed by atoms with van der Waals surface area (Å²) >= 11 is 0. The van der Waals surface area contributed by atoms with Gasteiger partial charge in [0.05, 0.1) is 19.4 Å². The molecule has 0 saturated heterocycles. The van der Waals surface area contributed by atoms with Crippen LogP contribution in [0, 0.1) is 0 Å². The van der Waals surface area contributed by atoms with Crippen molar-refractivity contribution < 1.29 is 14.3 Å². The molecule has 0 bridgehead atoms. The third-order valence-electron chi connectivity index (χ3n) is 4.04. The summed E-state index contributed by atoms with van der Waals surface area (Å²) in [5, 5.41) is 6.14. The van der Waals surface area contributed by atoms with Crippen molar-refractivity contribution in [3.8, 4) is 5.75 Å². The zero-order valence-electron chi connectivity index (χ0n) is 15.8. The number of hydrogen-bond donors (Lipinski definition) is 2. The summed E-state index contributed by atoms with van der Waals surface area (Å²) in [5.74, 6) is 0.774. The van der Waals surface area contributed by atoms with Gasteiger partial charge in [-0.3, -0.25) is 4.79 Å². The molecule has 5 nitrogen and oxygen atoms in total. The van der Waals surface area contributed by atoms with Gasteiger partial charge in [-0.15, -0.1) is 0 Å². The molecular formula is C20H25BN2O3. The molecular weight excluding hydrogens is 327 g/mol. The molecule has 2 rings (SSSR count). The molecule has 6 heteroatoms. The van der Waals surface area contributed by atoms with E-state index in [0.29, 0.717) is 47.2 Å². The maximum Gasteiger partial charge on any atom is 0.255 e. The molecule has 2 aromatic rings. The Kier molecular flexibility index (Phi) is 7.10. The van der Waals surface area contributed by atoms with Crippen LogP contribution in [0.15, 0.2) is 36.4 Å². The summed E-state index contributed by atoms with van der Waals surface area (Å²) in [6.45, 7) is 5.33. The van der Waals surface area contributed by atoms with Crippen molar-refractivity contribution in [2.24, 2.45) is 0 Å². The Morgan fingerprint density at radius 2 is 1.85 bits per heavy atom. The van der Waals surface area contributed by atoms with E-state index in [1.165, 1.54) is 5.56 Å². The van der Waals surface area contributed by atoms with Gasteiger partial charge in [-0.1, -0.05) is 31.4 Å². The minimum Gasteiger partial charge on any atom is -0.495 e. The quantitative estimate of drug-likeness (QED) is 0.567. The summed E-state index contributed by atoms with van der Waals surface area (Å²) in [4.78, 5) is 12.6. The Hall–Kier alpha value is -2.47. The highest BCUT2D eigenvalue weighted by molar-refractivity contribution is 6.33. The molecule has 136 valence electrons. The molecule has 0 aliphatic heterocycles. The fourth-order valence-electron chi connectivity index (χ4n) is 2.57. The Morgan fingerprint density at radius 1 is 1.15 bits per heavy atom. The van der Waals surface area contributed by atoms with Crippen molar-refractivity contribution in [2.75, 3.05) is 38.0 Å². The lowest BCUT2D eigenvalue weighted by Gasteiger charge is -2.18. The Bertz CT molecular complexity index is 745. The number of nitrogens with one attached hydrogen (secondary N) is 2. The number of carbonyl (C=O) groups is 1. The summed E-state index contributed by atoms with van der Waals surface area (Å²) in [6, 6.07) is 11.0. The zero-order chi connectivity index (χ0) is 19.1. The molecule has 26 heavy (non-hydrogen) atoms. The van der Waals surface area contributed by atoms with E-state index < -0.39 is 0 Å². The second-order valence-corrected chi connectivity index (χ2v) is 6.30. The number of ether oxygens (including phenoxy) is 2. The average molecular weight is 352 g/mol. The third kappa shape index (κ3) is 5.02. The number of methoxy groups -OCH3 is 2. The Morgan fingerprint density at radius 3 is 2.42 bits per heavy atom. The second kappa shape index (κ2) is 9.29. The minimum absolute atomic E-state index is 0.206. The van der Waals surface area contributed by atoms with Crippen LogP contribution >= 0.6 is 0 Å². The van der Waals surface area contributed by atoms with Crippen LogP contribution in [-0.4, -0.2) is 41.1 Å². The Balaban J connectivity index is 2.25. The monoisotopic (exact) mass is 352 g/mol. The van der Waals surface area contributed by atoms with Gasteiger partial charge in [-0.2, -0.15) is 0 Å². The van der Waals surface area contributed by atoms with Gasteiger partial charge in [0.15, 0.2) is 0 Å². The van der Waals surface area contributed by atoms with Gasteiger partial charge >= 0.3 is 0 Å². The van der Waals surface area contributed by atoms with E-state index in [-0.39, 0.29) is 5.91 Å². The van der Waals surface area contributed by atoms with Crippen LogP contribution < -0.4 is 20.8 Å². The first-order valence-corrected chi connectivity index (χ1v) is 8.58. The van der Waals surface area contributed by atoms with E-state index >= 15 is 0 Å². The number of rotatable bonds is 8. The van der Waals surface area contributed by atoms with E-state index in [1.54, 1.807) is 26.4 Å². The molecule has 0 unspecified atom stereocenters. The molecule has 0 aliphatic carbocycles. The van der Waals surface area contributed by atoms with Crippen molar-refractivity contribution in [2.45, 2.75) is 19.8 Å². The van der Waals surface area contributed by atoms with Crippen LogP contribution in [0.4, 0.5) is 11.4 Å². The number of anilines is 2. The van der Waals surface area contributed by atoms with Crippen LogP contribution in [0.5, 0.6) is 5.75 Å². The molecule has 0 heterocycles. The lowest BCUT2D eigenvalue weighted by atomic mass is 9.94. The zero-order valence-corrected chi connectivity index (χ0v) is 15.8. The summed E-state index contributed by atoms with van der Waals surface area (Å²) in [5.41, 5.74) is 3.51. The lowest BCUT2D eigenvalue weighted by Crippen LogP contribution is -2.18. The molecule has 2 radical (unpaired) electrons. The van der Waals surface area contributed by atoms with Crippen molar-refractivity contribution in [1.82, 2.24) is 0 Å². The van der Waals surface area contributed by atoms with Gasteiger partial charge in [0, 0.05) is 19.2 Å². The first-order chi connectivity index (χ1) is 12.5. The first-order valence-electron chi connectivity index (χ1n) is 8.58. The summed E-state index contributed by atoms with van der Waals surface area (Å²) in [6.07, 6.45) is 0. The van der Waals surface area contributed by atoms with Crippen LogP contribution in [0.1, 0.15) is 35.7 Å².